The van der Waals surface area contributed by atoms with Crippen LogP contribution in [0.4, 0.5) is 5.13 Å². The summed E-state index contributed by atoms with van der Waals surface area (Å²) in [6, 6.07) is 6.63. The molecule has 1 aromatic heterocycles. The number of ether oxygens (including phenoxy) is 1. The van der Waals surface area contributed by atoms with E-state index in [-0.39, 0.29) is 18.3 Å². The number of aryl methyl sites for hydroxylation is 3. The molecule has 4 rings (SSSR count). The Morgan fingerprint density at radius 3 is 2.78 bits per heavy atom. The van der Waals surface area contributed by atoms with Crippen LogP contribution in [0.1, 0.15) is 35.3 Å². The second-order valence-corrected chi connectivity index (χ2v) is 8.51. The van der Waals surface area contributed by atoms with Gasteiger partial charge in [-0.3, -0.25) is 4.79 Å². The molecule has 1 amide bonds. The molecule has 0 unspecified atom stereocenters. The van der Waals surface area contributed by atoms with Crippen molar-refractivity contribution in [2.75, 3.05) is 25.1 Å². The van der Waals surface area contributed by atoms with Crippen molar-refractivity contribution in [3.8, 4) is 11.3 Å². The van der Waals surface area contributed by atoms with E-state index in [4.69, 9.17) is 15.5 Å². The van der Waals surface area contributed by atoms with E-state index in [0.29, 0.717) is 37.7 Å². The summed E-state index contributed by atoms with van der Waals surface area (Å²) in [5.41, 5.74) is 10.4. The number of hydrogen-bond donors (Lipinski definition) is 2. The lowest BCUT2D eigenvalue weighted by Gasteiger charge is -2.34. The number of carbonyl (C=O) groups is 1. The van der Waals surface area contributed by atoms with Gasteiger partial charge in [0.2, 0.25) is 5.91 Å². The third kappa shape index (κ3) is 3.90. The number of hydrogen-bond acceptors (Lipinski definition) is 5. The van der Waals surface area contributed by atoms with Gasteiger partial charge in [0.25, 0.3) is 0 Å². The third-order valence-corrected chi connectivity index (χ3v) is 6.60. The molecule has 2 aliphatic rings. The van der Waals surface area contributed by atoms with Crippen molar-refractivity contribution in [1.29, 1.82) is 0 Å². The number of amides is 1. The quantitative estimate of drug-likeness (QED) is 0.809. The van der Waals surface area contributed by atoms with Gasteiger partial charge in [0.1, 0.15) is 0 Å². The summed E-state index contributed by atoms with van der Waals surface area (Å²) in [6.07, 6.45) is 4.89. The minimum atomic E-state index is -0.536. The first kappa shape index (κ1) is 20.3. The predicted octanol–water partition coefficient (Wildman–Crippen LogP) is 3.72. The van der Waals surface area contributed by atoms with E-state index in [1.165, 1.54) is 35.3 Å². The minimum Gasteiger partial charge on any atom is -0.381 e. The normalized spacial score (nSPS) is 17.9. The Morgan fingerprint density at radius 2 is 2.04 bits per heavy atom. The second kappa shape index (κ2) is 8.27. The van der Waals surface area contributed by atoms with Gasteiger partial charge in [0.15, 0.2) is 5.13 Å². The number of thiazole rings is 1. The van der Waals surface area contributed by atoms with Gasteiger partial charge in [-0.25, -0.2) is 4.98 Å². The van der Waals surface area contributed by atoms with E-state index in [0.717, 1.165) is 22.6 Å². The lowest BCUT2D eigenvalue weighted by atomic mass is 9.79. The van der Waals surface area contributed by atoms with Gasteiger partial charge in [-0.2, -0.15) is 0 Å². The fourth-order valence-corrected chi connectivity index (χ4v) is 4.78. The van der Waals surface area contributed by atoms with Crippen LogP contribution < -0.4 is 11.1 Å². The van der Waals surface area contributed by atoms with Gasteiger partial charge in [0, 0.05) is 30.2 Å². The van der Waals surface area contributed by atoms with Crippen LogP contribution in [0.25, 0.3) is 11.3 Å². The van der Waals surface area contributed by atoms with E-state index in [1.54, 1.807) is 0 Å². The summed E-state index contributed by atoms with van der Waals surface area (Å²) in [5, 5.41) is 3.67. The molecule has 3 N–H and O–H groups in total. The van der Waals surface area contributed by atoms with Crippen molar-refractivity contribution in [2.24, 2.45) is 11.1 Å². The maximum atomic E-state index is 12.9. The number of nitrogens with one attached hydrogen (secondary N) is 1. The van der Waals surface area contributed by atoms with Crippen molar-refractivity contribution in [2.45, 2.75) is 39.0 Å². The molecule has 5 nitrogen and oxygen atoms in total. The van der Waals surface area contributed by atoms with Crippen LogP contribution >= 0.6 is 23.7 Å². The molecule has 0 spiro atoms. The molecular formula is C20H26ClN3O2S. The number of nitrogens with two attached hydrogens (primary N) is 1. The SMILES string of the molecule is Cc1sc(NC(=O)C2(CN)CCOCC2)nc1-c1ccc2c(c1)CCC2.Cl. The summed E-state index contributed by atoms with van der Waals surface area (Å²) in [5.74, 6) is -0.0300. The Kier molecular flexibility index (Phi) is 6.21. The number of fused-ring (bicyclic) bond motifs is 1. The highest BCUT2D eigenvalue weighted by Gasteiger charge is 2.39. The second-order valence-electron chi connectivity index (χ2n) is 7.31. The van der Waals surface area contributed by atoms with E-state index < -0.39 is 5.41 Å². The molecule has 0 radical (unpaired) electrons. The van der Waals surface area contributed by atoms with Gasteiger partial charge in [-0.15, -0.1) is 23.7 Å². The number of aromatic nitrogens is 1. The Labute approximate surface area is 170 Å². The highest BCUT2D eigenvalue weighted by atomic mass is 35.5. The first-order valence-corrected chi connectivity index (χ1v) is 10.1. The molecule has 0 bridgehead atoms. The first-order valence-electron chi connectivity index (χ1n) is 9.30. The topological polar surface area (TPSA) is 77.2 Å². The Bertz CT molecular complexity index is 831. The molecule has 1 fully saturated rings. The van der Waals surface area contributed by atoms with Gasteiger partial charge in [-0.05, 0) is 56.2 Å². The number of halogens is 1. The molecule has 1 aromatic carbocycles. The lowest BCUT2D eigenvalue weighted by molar-refractivity contribution is -0.130. The smallest absolute Gasteiger partial charge is 0.233 e. The predicted molar refractivity (Wildman–Crippen MR) is 112 cm³/mol. The van der Waals surface area contributed by atoms with E-state index in [2.05, 4.69) is 30.4 Å². The Balaban J connectivity index is 0.00000210. The Hall–Kier alpha value is -1.47. The van der Waals surface area contributed by atoms with Crippen molar-refractivity contribution in [1.82, 2.24) is 4.98 Å². The number of rotatable bonds is 4. The van der Waals surface area contributed by atoms with Gasteiger partial charge < -0.3 is 15.8 Å². The van der Waals surface area contributed by atoms with Crippen LogP contribution in [-0.2, 0) is 22.4 Å². The summed E-state index contributed by atoms with van der Waals surface area (Å²) in [7, 11) is 0. The molecule has 7 heteroatoms. The summed E-state index contributed by atoms with van der Waals surface area (Å²) in [4.78, 5) is 18.7. The molecule has 0 saturated carbocycles. The fourth-order valence-electron chi connectivity index (χ4n) is 3.95. The largest absolute Gasteiger partial charge is 0.381 e. The maximum absolute atomic E-state index is 12.9. The lowest BCUT2D eigenvalue weighted by Crippen LogP contribution is -2.46. The highest BCUT2D eigenvalue weighted by Crippen LogP contribution is 2.35. The zero-order valence-corrected chi connectivity index (χ0v) is 17.2. The van der Waals surface area contributed by atoms with Crippen molar-refractivity contribution < 1.29 is 9.53 Å². The van der Waals surface area contributed by atoms with Crippen molar-refractivity contribution >= 4 is 34.8 Å². The number of nitrogens with zero attached hydrogens (tertiary/aromatic N) is 1. The molecule has 1 saturated heterocycles. The highest BCUT2D eigenvalue weighted by molar-refractivity contribution is 7.16. The molecule has 1 aliphatic heterocycles. The zero-order chi connectivity index (χ0) is 18.1. The standard InChI is InChI=1S/C20H25N3O2S.ClH/c1-13-17(16-6-5-14-3-2-4-15(14)11-16)22-19(26-13)23-18(24)20(12-21)7-9-25-10-8-20;/h5-6,11H,2-4,7-10,12,21H2,1H3,(H,22,23,24);1H. The number of anilines is 1. The zero-order valence-electron chi connectivity index (χ0n) is 15.5. The van der Waals surface area contributed by atoms with Crippen molar-refractivity contribution in [3.63, 3.8) is 0 Å². The first-order chi connectivity index (χ1) is 12.6. The van der Waals surface area contributed by atoms with Gasteiger partial charge >= 0.3 is 0 Å². The average molecular weight is 408 g/mol. The molecule has 1 aliphatic carbocycles. The van der Waals surface area contributed by atoms with Crippen LogP contribution in [0.2, 0.25) is 0 Å². The van der Waals surface area contributed by atoms with E-state index in [9.17, 15) is 4.79 Å². The molecular weight excluding hydrogens is 382 g/mol. The number of carbonyl (C=O) groups excluding carboxylic acids is 1. The van der Waals surface area contributed by atoms with E-state index >= 15 is 0 Å². The van der Waals surface area contributed by atoms with Gasteiger partial charge in [0.05, 0.1) is 11.1 Å². The fraction of sp³-hybridized carbons (Fsp3) is 0.500. The average Bonchev–Trinajstić information content (AvgIpc) is 3.27. The van der Waals surface area contributed by atoms with Crippen LogP contribution in [0.3, 0.4) is 0 Å². The van der Waals surface area contributed by atoms with E-state index in [1.807, 2.05) is 0 Å². The van der Waals surface area contributed by atoms with Crippen LogP contribution in [0.15, 0.2) is 18.2 Å². The number of benzene rings is 1. The molecule has 27 heavy (non-hydrogen) atoms. The Morgan fingerprint density at radius 1 is 1.30 bits per heavy atom. The molecule has 0 atom stereocenters. The third-order valence-electron chi connectivity index (χ3n) is 5.71. The molecule has 146 valence electrons. The van der Waals surface area contributed by atoms with Crippen molar-refractivity contribution in [3.05, 3.63) is 34.2 Å². The monoisotopic (exact) mass is 407 g/mol. The maximum Gasteiger partial charge on any atom is 0.233 e. The summed E-state index contributed by atoms with van der Waals surface area (Å²) >= 11 is 1.53. The molecule has 2 heterocycles. The summed E-state index contributed by atoms with van der Waals surface area (Å²) < 4.78 is 5.40. The van der Waals surface area contributed by atoms with Crippen LogP contribution in [0.5, 0.6) is 0 Å². The molecule has 2 aromatic rings. The van der Waals surface area contributed by atoms with Crippen LogP contribution in [-0.4, -0.2) is 30.6 Å². The van der Waals surface area contributed by atoms with Gasteiger partial charge in [-0.1, -0.05) is 12.1 Å². The van der Waals surface area contributed by atoms with Crippen LogP contribution in [0, 0.1) is 12.3 Å². The summed E-state index contributed by atoms with van der Waals surface area (Å²) in [6.45, 7) is 3.57. The minimum absolute atomic E-state index is 0.